The second kappa shape index (κ2) is 6.33. The summed E-state index contributed by atoms with van der Waals surface area (Å²) in [7, 11) is 3.69. The number of nitrogens with one attached hydrogen (secondary N) is 1. The quantitative estimate of drug-likeness (QED) is 0.902. The molecule has 1 aliphatic carbocycles. The van der Waals surface area contributed by atoms with E-state index >= 15 is 0 Å². The summed E-state index contributed by atoms with van der Waals surface area (Å²) in [5, 5.41) is 4.06. The smallest absolute Gasteiger partial charge is 0.128 e. The van der Waals surface area contributed by atoms with Crippen LogP contribution >= 0.6 is 11.6 Å². The minimum Gasteiger partial charge on any atom is -0.487 e. The monoisotopic (exact) mass is 297 g/mol. The summed E-state index contributed by atoms with van der Waals surface area (Å²) < 4.78 is 11.6. The summed E-state index contributed by atoms with van der Waals surface area (Å²) in [6, 6.07) is 4.44. The molecular formula is C16H24ClNO2. The van der Waals surface area contributed by atoms with Crippen molar-refractivity contribution in [1.82, 2.24) is 5.32 Å². The van der Waals surface area contributed by atoms with Crippen molar-refractivity contribution in [3.05, 3.63) is 28.3 Å². The number of ether oxygens (including phenoxy) is 2. The van der Waals surface area contributed by atoms with Gasteiger partial charge < -0.3 is 14.8 Å². The number of likely N-dealkylation sites (N-methyl/N-ethyl adjacent to an activating group) is 1. The van der Waals surface area contributed by atoms with Gasteiger partial charge in [-0.25, -0.2) is 0 Å². The van der Waals surface area contributed by atoms with Gasteiger partial charge in [0.15, 0.2) is 0 Å². The van der Waals surface area contributed by atoms with Gasteiger partial charge in [-0.2, -0.15) is 0 Å². The standard InChI is InChI=1S/C16H24ClNO2/c1-9(2)11-7-14(10(3)6-12(11)17)20-15-8-13(18-4)16(15)19-5/h6-7,9,13,15-16,18H,8H2,1-5H3. The molecule has 1 aromatic rings. The Balaban J connectivity index is 2.16. The van der Waals surface area contributed by atoms with Crippen LogP contribution in [-0.4, -0.2) is 32.4 Å². The van der Waals surface area contributed by atoms with Crippen LogP contribution in [0.3, 0.4) is 0 Å². The summed E-state index contributed by atoms with van der Waals surface area (Å²) in [5.41, 5.74) is 2.20. The molecule has 0 spiro atoms. The highest BCUT2D eigenvalue weighted by atomic mass is 35.5. The van der Waals surface area contributed by atoms with Crippen LogP contribution in [0, 0.1) is 6.92 Å². The van der Waals surface area contributed by atoms with Gasteiger partial charge >= 0.3 is 0 Å². The van der Waals surface area contributed by atoms with Crippen molar-refractivity contribution in [1.29, 1.82) is 0 Å². The Morgan fingerprint density at radius 2 is 2.05 bits per heavy atom. The molecule has 2 rings (SSSR count). The van der Waals surface area contributed by atoms with Crippen LogP contribution in [0.25, 0.3) is 0 Å². The predicted octanol–water partition coefficient (Wildman–Crippen LogP) is 3.53. The first kappa shape index (κ1) is 15.6. The van der Waals surface area contributed by atoms with Crippen LogP contribution in [0.1, 0.15) is 37.3 Å². The highest BCUT2D eigenvalue weighted by Crippen LogP contribution is 2.35. The molecule has 3 nitrogen and oxygen atoms in total. The van der Waals surface area contributed by atoms with Crippen molar-refractivity contribution < 1.29 is 9.47 Å². The lowest BCUT2D eigenvalue weighted by molar-refractivity contribution is -0.0871. The van der Waals surface area contributed by atoms with Gasteiger partial charge in [-0.15, -0.1) is 0 Å². The van der Waals surface area contributed by atoms with E-state index in [1.165, 1.54) is 0 Å². The average molecular weight is 298 g/mol. The minimum absolute atomic E-state index is 0.109. The van der Waals surface area contributed by atoms with E-state index in [0.29, 0.717) is 12.0 Å². The Labute approximate surface area is 126 Å². The first-order valence-electron chi connectivity index (χ1n) is 7.14. The van der Waals surface area contributed by atoms with Gasteiger partial charge in [-0.05, 0) is 43.1 Å². The van der Waals surface area contributed by atoms with Crippen molar-refractivity contribution in [2.45, 2.75) is 51.4 Å². The molecule has 0 aliphatic heterocycles. The first-order valence-corrected chi connectivity index (χ1v) is 7.52. The highest BCUT2D eigenvalue weighted by Gasteiger charge is 2.42. The van der Waals surface area contributed by atoms with Crippen molar-refractivity contribution >= 4 is 11.6 Å². The zero-order valence-electron chi connectivity index (χ0n) is 12.9. The van der Waals surface area contributed by atoms with Crippen molar-refractivity contribution in [2.75, 3.05) is 14.2 Å². The Hall–Kier alpha value is -0.770. The molecule has 1 aromatic carbocycles. The van der Waals surface area contributed by atoms with Crippen LogP contribution in [0.2, 0.25) is 5.02 Å². The van der Waals surface area contributed by atoms with Gasteiger partial charge in [-0.3, -0.25) is 0 Å². The van der Waals surface area contributed by atoms with Crippen LogP contribution < -0.4 is 10.1 Å². The van der Waals surface area contributed by atoms with Gasteiger partial charge in [0.2, 0.25) is 0 Å². The lowest BCUT2D eigenvalue weighted by Gasteiger charge is -2.43. The third-order valence-corrected chi connectivity index (χ3v) is 4.41. The Morgan fingerprint density at radius 1 is 1.35 bits per heavy atom. The molecule has 1 fully saturated rings. The Kier molecular flexibility index (Phi) is 4.95. The number of halogens is 1. The predicted molar refractivity (Wildman–Crippen MR) is 83.0 cm³/mol. The minimum atomic E-state index is 0.109. The van der Waals surface area contributed by atoms with Crippen LogP contribution in [0.15, 0.2) is 12.1 Å². The molecule has 0 saturated heterocycles. The fourth-order valence-corrected chi connectivity index (χ4v) is 3.13. The summed E-state index contributed by atoms with van der Waals surface area (Å²) in [6.07, 6.45) is 1.18. The van der Waals surface area contributed by atoms with E-state index in [1.54, 1.807) is 7.11 Å². The van der Waals surface area contributed by atoms with E-state index in [1.807, 2.05) is 20.0 Å². The third-order valence-electron chi connectivity index (χ3n) is 4.09. The van der Waals surface area contributed by atoms with Crippen LogP contribution in [0.5, 0.6) is 5.75 Å². The molecule has 4 heteroatoms. The molecule has 3 atom stereocenters. The second-order valence-electron chi connectivity index (χ2n) is 5.78. The van der Waals surface area contributed by atoms with Crippen molar-refractivity contribution in [2.24, 2.45) is 0 Å². The molecule has 1 saturated carbocycles. The molecule has 1 N–H and O–H groups in total. The van der Waals surface area contributed by atoms with E-state index in [-0.39, 0.29) is 12.2 Å². The molecule has 112 valence electrons. The number of hydrogen-bond donors (Lipinski definition) is 1. The number of hydrogen-bond acceptors (Lipinski definition) is 3. The summed E-state index contributed by atoms with van der Waals surface area (Å²) in [4.78, 5) is 0. The molecule has 0 bridgehead atoms. The lowest BCUT2D eigenvalue weighted by atomic mass is 9.85. The molecule has 0 heterocycles. The molecule has 3 unspecified atom stereocenters. The first-order chi connectivity index (χ1) is 9.47. The lowest BCUT2D eigenvalue weighted by Crippen LogP contribution is -2.60. The fourth-order valence-electron chi connectivity index (χ4n) is 2.70. The van der Waals surface area contributed by atoms with Gasteiger partial charge in [0, 0.05) is 24.6 Å². The summed E-state index contributed by atoms with van der Waals surface area (Å²) in [6.45, 7) is 6.30. The second-order valence-corrected chi connectivity index (χ2v) is 6.19. The average Bonchev–Trinajstić information content (AvgIpc) is 2.36. The van der Waals surface area contributed by atoms with Gasteiger partial charge in [0.1, 0.15) is 18.0 Å². The normalized spacial score (nSPS) is 25.6. The van der Waals surface area contributed by atoms with Gasteiger partial charge in [0.05, 0.1) is 0 Å². The van der Waals surface area contributed by atoms with E-state index < -0.39 is 0 Å². The molecular weight excluding hydrogens is 274 g/mol. The number of rotatable bonds is 5. The SMILES string of the molecule is CNC1CC(Oc2cc(C(C)C)c(Cl)cc2C)C1OC. The Morgan fingerprint density at radius 3 is 2.60 bits per heavy atom. The molecule has 0 radical (unpaired) electrons. The summed E-state index contributed by atoms with van der Waals surface area (Å²) in [5.74, 6) is 1.30. The number of benzene rings is 1. The molecule has 0 amide bonds. The number of aryl methyl sites for hydroxylation is 1. The van der Waals surface area contributed by atoms with Crippen molar-refractivity contribution in [3.63, 3.8) is 0 Å². The molecule has 20 heavy (non-hydrogen) atoms. The van der Waals surface area contributed by atoms with Gasteiger partial charge in [0.25, 0.3) is 0 Å². The van der Waals surface area contributed by atoms with Crippen LogP contribution in [0.4, 0.5) is 0 Å². The van der Waals surface area contributed by atoms with E-state index in [2.05, 4.69) is 25.2 Å². The third kappa shape index (κ3) is 2.95. The molecule has 0 aromatic heterocycles. The Bertz CT molecular complexity index is 476. The van der Waals surface area contributed by atoms with Crippen molar-refractivity contribution in [3.8, 4) is 5.75 Å². The highest BCUT2D eigenvalue weighted by molar-refractivity contribution is 6.31. The van der Waals surface area contributed by atoms with E-state index in [9.17, 15) is 0 Å². The van der Waals surface area contributed by atoms with E-state index in [0.717, 1.165) is 28.3 Å². The molecule has 1 aliphatic rings. The maximum absolute atomic E-state index is 6.29. The fraction of sp³-hybridized carbons (Fsp3) is 0.625. The number of methoxy groups -OCH3 is 1. The maximum Gasteiger partial charge on any atom is 0.128 e. The largest absolute Gasteiger partial charge is 0.487 e. The van der Waals surface area contributed by atoms with E-state index in [4.69, 9.17) is 21.1 Å². The van der Waals surface area contributed by atoms with Crippen LogP contribution in [-0.2, 0) is 4.74 Å². The zero-order valence-corrected chi connectivity index (χ0v) is 13.6. The zero-order chi connectivity index (χ0) is 14.9. The maximum atomic E-state index is 6.29. The summed E-state index contributed by atoms with van der Waals surface area (Å²) >= 11 is 6.29. The topological polar surface area (TPSA) is 30.5 Å². The van der Waals surface area contributed by atoms with Gasteiger partial charge in [-0.1, -0.05) is 25.4 Å².